The number of fused-ring (bicyclic) bond motifs is 1. The van der Waals surface area contributed by atoms with Crippen LogP contribution in [-0.4, -0.2) is 65.5 Å². The molecular formula is C30H33FN4O4. The van der Waals surface area contributed by atoms with Gasteiger partial charge in [0.25, 0.3) is 5.91 Å². The Hall–Kier alpha value is -3.69. The van der Waals surface area contributed by atoms with Crippen LogP contribution in [0.4, 0.5) is 4.39 Å². The average Bonchev–Trinajstić information content (AvgIpc) is 2.95. The van der Waals surface area contributed by atoms with Gasteiger partial charge >= 0.3 is 0 Å². The number of benzene rings is 1. The summed E-state index contributed by atoms with van der Waals surface area (Å²) in [7, 11) is 1.73. The van der Waals surface area contributed by atoms with Crippen LogP contribution in [0.2, 0.25) is 0 Å². The van der Waals surface area contributed by atoms with E-state index in [0.717, 1.165) is 63.7 Å². The van der Waals surface area contributed by atoms with E-state index in [4.69, 9.17) is 9.47 Å². The first-order valence-corrected chi connectivity index (χ1v) is 13.4. The monoisotopic (exact) mass is 532 g/mol. The zero-order chi connectivity index (χ0) is 27.2. The van der Waals surface area contributed by atoms with Gasteiger partial charge in [-0.15, -0.1) is 0 Å². The van der Waals surface area contributed by atoms with Crippen molar-refractivity contribution in [3.05, 3.63) is 77.5 Å². The van der Waals surface area contributed by atoms with Gasteiger partial charge in [0.05, 0.1) is 29.4 Å². The lowest BCUT2D eigenvalue weighted by Crippen LogP contribution is -2.51. The SMILES string of the molecule is COCCCCN1CCC2(CC1)CC(=O)c1cc(-c3ccc(C(=O)NCc4cncc(F)c4)cn3)ccc1O2. The van der Waals surface area contributed by atoms with Gasteiger partial charge in [-0.05, 0) is 61.3 Å². The quantitative estimate of drug-likeness (QED) is 0.407. The minimum atomic E-state index is -0.452. The Balaban J connectivity index is 1.20. The zero-order valence-corrected chi connectivity index (χ0v) is 22.1. The van der Waals surface area contributed by atoms with Crippen molar-refractivity contribution in [2.24, 2.45) is 0 Å². The molecular weight excluding hydrogens is 499 g/mol. The summed E-state index contributed by atoms with van der Waals surface area (Å²) in [5, 5.41) is 2.74. The van der Waals surface area contributed by atoms with Gasteiger partial charge in [-0.25, -0.2) is 4.39 Å². The van der Waals surface area contributed by atoms with Crippen molar-refractivity contribution in [2.75, 3.05) is 33.4 Å². The van der Waals surface area contributed by atoms with Crippen LogP contribution in [0.1, 0.15) is 58.4 Å². The number of halogens is 1. The summed E-state index contributed by atoms with van der Waals surface area (Å²) in [5.41, 5.74) is 2.53. The predicted octanol–water partition coefficient (Wildman–Crippen LogP) is 4.44. The number of aromatic nitrogens is 2. The third-order valence-electron chi connectivity index (χ3n) is 7.47. The van der Waals surface area contributed by atoms with Crippen LogP contribution < -0.4 is 10.1 Å². The maximum Gasteiger partial charge on any atom is 0.253 e. The molecule has 0 atom stereocenters. The second-order valence-electron chi connectivity index (χ2n) is 10.3. The highest BCUT2D eigenvalue weighted by atomic mass is 19.1. The molecule has 5 rings (SSSR count). The molecule has 0 saturated carbocycles. The van der Waals surface area contributed by atoms with Crippen molar-refractivity contribution in [2.45, 2.75) is 44.2 Å². The molecule has 4 heterocycles. The number of amides is 1. The van der Waals surface area contributed by atoms with Crippen LogP contribution in [0.15, 0.2) is 55.0 Å². The molecule has 0 radical (unpaired) electrons. The lowest BCUT2D eigenvalue weighted by molar-refractivity contribution is -0.00943. The predicted molar refractivity (Wildman–Crippen MR) is 144 cm³/mol. The Morgan fingerprint density at radius 1 is 1.13 bits per heavy atom. The van der Waals surface area contributed by atoms with Crippen LogP contribution in [0, 0.1) is 5.82 Å². The van der Waals surface area contributed by atoms with E-state index in [-0.39, 0.29) is 18.2 Å². The van der Waals surface area contributed by atoms with E-state index in [0.29, 0.717) is 34.6 Å². The number of hydrogen-bond acceptors (Lipinski definition) is 7. The summed E-state index contributed by atoms with van der Waals surface area (Å²) >= 11 is 0. The number of rotatable bonds is 9. The van der Waals surface area contributed by atoms with E-state index in [2.05, 4.69) is 20.2 Å². The number of hydrogen-bond donors (Lipinski definition) is 1. The number of likely N-dealkylation sites (tertiary alicyclic amines) is 1. The van der Waals surface area contributed by atoms with E-state index < -0.39 is 11.4 Å². The topological polar surface area (TPSA) is 93.7 Å². The Morgan fingerprint density at radius 2 is 1.97 bits per heavy atom. The minimum absolute atomic E-state index is 0.0921. The Kier molecular flexibility index (Phi) is 8.28. The smallest absolute Gasteiger partial charge is 0.253 e. The number of methoxy groups -OCH3 is 1. The van der Waals surface area contributed by atoms with Crippen molar-refractivity contribution < 1.29 is 23.5 Å². The molecule has 204 valence electrons. The van der Waals surface area contributed by atoms with Gasteiger partial charge in [0, 0.05) is 64.1 Å². The van der Waals surface area contributed by atoms with Gasteiger partial charge in [0.2, 0.25) is 0 Å². The molecule has 0 bridgehead atoms. The number of piperidine rings is 1. The van der Waals surface area contributed by atoms with E-state index in [1.165, 1.54) is 18.5 Å². The summed E-state index contributed by atoms with van der Waals surface area (Å²) in [6.07, 6.45) is 8.33. The highest BCUT2D eigenvalue weighted by molar-refractivity contribution is 6.01. The number of carbonyl (C=O) groups is 2. The molecule has 8 nitrogen and oxygen atoms in total. The first-order valence-electron chi connectivity index (χ1n) is 13.4. The molecule has 9 heteroatoms. The fourth-order valence-corrected chi connectivity index (χ4v) is 5.23. The summed E-state index contributed by atoms with van der Waals surface area (Å²) in [6, 6.07) is 10.3. The fourth-order valence-electron chi connectivity index (χ4n) is 5.23. The summed E-state index contributed by atoms with van der Waals surface area (Å²) in [6.45, 7) is 3.85. The highest BCUT2D eigenvalue weighted by Crippen LogP contribution is 2.40. The maximum atomic E-state index is 13.3. The summed E-state index contributed by atoms with van der Waals surface area (Å²) < 4.78 is 24.9. The second-order valence-corrected chi connectivity index (χ2v) is 10.3. The van der Waals surface area contributed by atoms with Crippen molar-refractivity contribution >= 4 is 11.7 Å². The van der Waals surface area contributed by atoms with Crippen molar-refractivity contribution in [1.29, 1.82) is 0 Å². The number of unbranched alkanes of at least 4 members (excludes halogenated alkanes) is 1. The normalized spacial score (nSPS) is 16.5. The number of ketones is 1. The van der Waals surface area contributed by atoms with Crippen LogP contribution in [0.3, 0.4) is 0 Å². The Labute approximate surface area is 227 Å². The Morgan fingerprint density at radius 3 is 2.72 bits per heavy atom. The van der Waals surface area contributed by atoms with E-state index in [1.807, 2.05) is 18.2 Å². The molecule has 0 aliphatic carbocycles. The lowest BCUT2D eigenvalue weighted by atomic mass is 9.82. The summed E-state index contributed by atoms with van der Waals surface area (Å²) in [5.74, 6) is -0.0498. The van der Waals surface area contributed by atoms with Crippen molar-refractivity contribution in [3.8, 4) is 17.0 Å². The molecule has 1 spiro atoms. The number of nitrogens with zero attached hydrogens (tertiary/aromatic N) is 3. The molecule has 1 amide bonds. The zero-order valence-electron chi connectivity index (χ0n) is 22.1. The van der Waals surface area contributed by atoms with Gasteiger partial charge in [-0.2, -0.15) is 0 Å². The van der Waals surface area contributed by atoms with Crippen LogP contribution in [0.5, 0.6) is 5.75 Å². The number of Topliss-reactive ketones (excluding diaryl/α,β-unsaturated/α-hetero) is 1. The van der Waals surface area contributed by atoms with E-state index in [1.54, 1.807) is 19.2 Å². The molecule has 0 unspecified atom stereocenters. The first kappa shape index (κ1) is 26.9. The minimum Gasteiger partial charge on any atom is -0.486 e. The fraction of sp³-hybridized carbons (Fsp3) is 0.400. The number of carbonyl (C=O) groups excluding carboxylic acids is 2. The third kappa shape index (κ3) is 6.49. The average molecular weight is 533 g/mol. The third-order valence-corrected chi connectivity index (χ3v) is 7.47. The Bertz CT molecular complexity index is 1320. The van der Waals surface area contributed by atoms with Gasteiger partial charge in [0.1, 0.15) is 17.2 Å². The van der Waals surface area contributed by atoms with Gasteiger partial charge in [-0.3, -0.25) is 19.6 Å². The summed E-state index contributed by atoms with van der Waals surface area (Å²) in [4.78, 5) is 36.4. The molecule has 1 fully saturated rings. The number of pyridine rings is 2. The lowest BCUT2D eigenvalue weighted by Gasteiger charge is -2.44. The molecule has 2 aliphatic heterocycles. The maximum absolute atomic E-state index is 13.3. The van der Waals surface area contributed by atoms with Crippen LogP contribution in [-0.2, 0) is 11.3 Å². The van der Waals surface area contributed by atoms with Gasteiger partial charge < -0.3 is 19.7 Å². The molecule has 2 aliphatic rings. The molecule has 1 saturated heterocycles. The largest absolute Gasteiger partial charge is 0.486 e. The van der Waals surface area contributed by atoms with Gasteiger partial charge in [-0.1, -0.05) is 0 Å². The van der Waals surface area contributed by atoms with Crippen LogP contribution >= 0.6 is 0 Å². The molecule has 2 aromatic heterocycles. The molecule has 1 N–H and O–H groups in total. The molecule has 1 aromatic carbocycles. The van der Waals surface area contributed by atoms with Crippen molar-refractivity contribution in [3.63, 3.8) is 0 Å². The number of ether oxygens (including phenoxy) is 2. The van der Waals surface area contributed by atoms with E-state index >= 15 is 0 Å². The van der Waals surface area contributed by atoms with Crippen molar-refractivity contribution in [1.82, 2.24) is 20.2 Å². The standard InChI is InChI=1S/C30H33FN4O4/c1-38-13-3-2-10-35-11-8-30(9-12-35)16-27(36)25-15-22(5-7-28(25)39-30)26-6-4-23(19-33-26)29(37)34-18-21-14-24(31)20-32-17-21/h4-7,14-15,17,19-20H,2-3,8-13,16,18H2,1H3,(H,34,37). The van der Waals surface area contributed by atoms with Crippen LogP contribution in [0.25, 0.3) is 11.3 Å². The molecule has 3 aromatic rings. The molecule has 39 heavy (non-hydrogen) atoms. The van der Waals surface area contributed by atoms with E-state index in [9.17, 15) is 14.0 Å². The first-order chi connectivity index (χ1) is 18.9. The highest BCUT2D eigenvalue weighted by Gasteiger charge is 2.42. The van der Waals surface area contributed by atoms with Gasteiger partial charge in [0.15, 0.2) is 5.78 Å². The second kappa shape index (κ2) is 12.0. The number of nitrogens with one attached hydrogen (secondary N) is 1.